The van der Waals surface area contributed by atoms with Crippen molar-refractivity contribution in [2.75, 3.05) is 17.5 Å². The van der Waals surface area contributed by atoms with Crippen molar-refractivity contribution >= 4 is 32.6 Å². The molecule has 0 aromatic heterocycles. The number of allylic oxidation sites excluding steroid dienone is 3. The van der Waals surface area contributed by atoms with Gasteiger partial charge in [-0.15, -0.1) is 6.42 Å². The van der Waals surface area contributed by atoms with Gasteiger partial charge in [0.1, 0.15) is 0 Å². The average molecular weight is 429 g/mol. The maximum Gasteiger partial charge on any atom is 0.244 e. The molecule has 0 atom stereocenters. The molecule has 0 saturated carbocycles. The molecule has 0 saturated heterocycles. The fourth-order valence-corrected chi connectivity index (χ4v) is 3.37. The highest BCUT2D eigenvalue weighted by molar-refractivity contribution is 14.1. The van der Waals surface area contributed by atoms with Crippen LogP contribution in [-0.4, -0.2) is 30.2 Å². The number of sulfonamides is 1. The van der Waals surface area contributed by atoms with E-state index in [-0.39, 0.29) is 18.0 Å². The van der Waals surface area contributed by atoms with Crippen molar-refractivity contribution in [3.05, 3.63) is 54.1 Å². The van der Waals surface area contributed by atoms with Gasteiger partial charge in [0.25, 0.3) is 0 Å². The summed E-state index contributed by atoms with van der Waals surface area (Å²) in [4.78, 5) is 0.266. The third kappa shape index (κ3) is 5.95. The third-order valence-electron chi connectivity index (χ3n) is 2.89. The van der Waals surface area contributed by atoms with Crippen molar-refractivity contribution in [1.29, 1.82) is 0 Å². The highest BCUT2D eigenvalue weighted by Gasteiger charge is 2.22. The molecule has 0 heterocycles. The second-order valence-corrected chi connectivity index (χ2v) is 7.67. The summed E-state index contributed by atoms with van der Waals surface area (Å²) in [6.07, 6.45) is 13.9. The molecule has 0 fully saturated rings. The van der Waals surface area contributed by atoms with E-state index in [2.05, 4.69) is 28.5 Å². The molecule has 118 valence electrons. The minimum absolute atomic E-state index is 0.0536. The standard InChI is InChI=1S/C17H20INO2S/c1-3-14-19(15-8-6-4-5-7-13-18)22(20,21)17-11-9-16(2)10-12-17/h1,4-6,8-12H,7,13-15H2,2H3/b5-4+,8-6+. The van der Waals surface area contributed by atoms with Gasteiger partial charge in [-0.3, -0.25) is 0 Å². The zero-order chi connectivity index (χ0) is 16.4. The minimum Gasteiger partial charge on any atom is -0.207 e. The lowest BCUT2D eigenvalue weighted by molar-refractivity contribution is 0.478. The average Bonchev–Trinajstić information content (AvgIpc) is 2.50. The summed E-state index contributed by atoms with van der Waals surface area (Å²) in [5.41, 5.74) is 1.02. The summed E-state index contributed by atoms with van der Waals surface area (Å²) < 4.78 is 27.5. The maximum absolute atomic E-state index is 12.6. The van der Waals surface area contributed by atoms with E-state index in [9.17, 15) is 8.42 Å². The van der Waals surface area contributed by atoms with E-state index in [1.165, 1.54) is 4.31 Å². The number of rotatable bonds is 8. The van der Waals surface area contributed by atoms with Crippen molar-refractivity contribution < 1.29 is 8.42 Å². The van der Waals surface area contributed by atoms with Crippen LogP contribution in [0, 0.1) is 19.3 Å². The predicted octanol–water partition coefficient (Wildman–Crippen LogP) is 3.56. The fraction of sp³-hybridized carbons (Fsp3) is 0.294. The van der Waals surface area contributed by atoms with Crippen LogP contribution in [0.3, 0.4) is 0 Å². The Labute approximate surface area is 147 Å². The van der Waals surface area contributed by atoms with Crippen molar-refractivity contribution in [3.63, 3.8) is 0 Å². The zero-order valence-corrected chi connectivity index (χ0v) is 15.5. The van der Waals surface area contributed by atoms with Gasteiger partial charge in [0.15, 0.2) is 0 Å². The van der Waals surface area contributed by atoms with Crippen molar-refractivity contribution in [2.24, 2.45) is 0 Å². The molecule has 1 aromatic carbocycles. The summed E-state index contributed by atoms with van der Waals surface area (Å²) in [6.45, 7) is 2.23. The molecule has 1 rings (SSSR count). The van der Waals surface area contributed by atoms with Gasteiger partial charge >= 0.3 is 0 Å². The first-order valence-corrected chi connectivity index (χ1v) is 9.87. The molecule has 0 N–H and O–H groups in total. The van der Waals surface area contributed by atoms with Crippen LogP contribution in [0.4, 0.5) is 0 Å². The maximum atomic E-state index is 12.6. The highest BCUT2D eigenvalue weighted by atomic mass is 127. The molecule has 0 aliphatic heterocycles. The SMILES string of the molecule is C#CCN(C/C=C/C=C/CCI)S(=O)(=O)c1ccc(C)cc1. The summed E-state index contributed by atoms with van der Waals surface area (Å²) >= 11 is 2.30. The molecule has 0 aliphatic rings. The Kier molecular flexibility index (Phi) is 8.46. The minimum atomic E-state index is -3.56. The van der Waals surface area contributed by atoms with Gasteiger partial charge in [-0.05, 0) is 25.5 Å². The van der Waals surface area contributed by atoms with Crippen molar-refractivity contribution in [2.45, 2.75) is 18.2 Å². The predicted molar refractivity (Wildman–Crippen MR) is 101 cm³/mol. The normalized spacial score (nSPS) is 12.3. The lowest BCUT2D eigenvalue weighted by Gasteiger charge is -2.18. The fourth-order valence-electron chi connectivity index (χ4n) is 1.70. The van der Waals surface area contributed by atoms with Gasteiger partial charge in [-0.25, -0.2) is 8.42 Å². The van der Waals surface area contributed by atoms with Crippen LogP contribution in [0.2, 0.25) is 0 Å². The quantitative estimate of drug-likeness (QED) is 0.274. The highest BCUT2D eigenvalue weighted by Crippen LogP contribution is 2.16. The summed E-state index contributed by atoms with van der Waals surface area (Å²) in [7, 11) is -3.56. The Balaban J connectivity index is 2.85. The second-order valence-electron chi connectivity index (χ2n) is 4.65. The second kappa shape index (κ2) is 9.82. The number of terminal acetylenes is 1. The van der Waals surface area contributed by atoms with Gasteiger partial charge in [0.2, 0.25) is 10.0 Å². The number of benzene rings is 1. The Hall–Kier alpha value is -1.10. The first-order chi connectivity index (χ1) is 10.5. The number of alkyl halides is 1. The summed E-state index contributed by atoms with van der Waals surface area (Å²) in [6, 6.07) is 6.78. The molecule has 0 unspecified atom stereocenters. The van der Waals surface area contributed by atoms with Crippen LogP contribution in [0.5, 0.6) is 0 Å². The van der Waals surface area contributed by atoms with E-state index in [4.69, 9.17) is 6.42 Å². The van der Waals surface area contributed by atoms with E-state index in [1.807, 2.05) is 25.2 Å². The largest absolute Gasteiger partial charge is 0.244 e. The van der Waals surface area contributed by atoms with Crippen molar-refractivity contribution in [3.8, 4) is 12.3 Å². The van der Waals surface area contributed by atoms with Crippen LogP contribution >= 0.6 is 22.6 Å². The summed E-state index contributed by atoms with van der Waals surface area (Å²) in [5, 5.41) is 0. The third-order valence-corrected chi connectivity index (χ3v) is 5.34. The molecular weight excluding hydrogens is 409 g/mol. The first kappa shape index (κ1) is 18.9. The van der Waals surface area contributed by atoms with Crippen LogP contribution in [0.1, 0.15) is 12.0 Å². The molecule has 1 aromatic rings. The van der Waals surface area contributed by atoms with Gasteiger partial charge in [0.05, 0.1) is 11.4 Å². The van der Waals surface area contributed by atoms with Crippen molar-refractivity contribution in [1.82, 2.24) is 4.31 Å². The lowest BCUT2D eigenvalue weighted by atomic mass is 10.2. The molecule has 0 aliphatic carbocycles. The molecule has 22 heavy (non-hydrogen) atoms. The van der Waals surface area contributed by atoms with Gasteiger partial charge in [-0.2, -0.15) is 4.31 Å². The zero-order valence-electron chi connectivity index (χ0n) is 12.6. The molecule has 5 heteroatoms. The Morgan fingerprint density at radius 1 is 1.23 bits per heavy atom. The molecule has 0 amide bonds. The van der Waals surface area contributed by atoms with Crippen LogP contribution in [-0.2, 0) is 10.0 Å². The van der Waals surface area contributed by atoms with E-state index in [0.717, 1.165) is 16.4 Å². The lowest BCUT2D eigenvalue weighted by Crippen LogP contribution is -2.31. The van der Waals surface area contributed by atoms with Crippen LogP contribution in [0.25, 0.3) is 0 Å². The first-order valence-electron chi connectivity index (χ1n) is 6.90. The number of hydrogen-bond donors (Lipinski definition) is 0. The van der Waals surface area contributed by atoms with Gasteiger partial charge < -0.3 is 0 Å². The van der Waals surface area contributed by atoms with Crippen LogP contribution in [0.15, 0.2) is 53.5 Å². The van der Waals surface area contributed by atoms with E-state index in [0.29, 0.717) is 0 Å². The summed E-state index contributed by atoms with van der Waals surface area (Å²) in [5.74, 6) is 2.41. The van der Waals surface area contributed by atoms with E-state index < -0.39 is 10.0 Å². The number of halogens is 1. The molecular formula is C17H20INO2S. The smallest absolute Gasteiger partial charge is 0.207 e. The Bertz CT molecular complexity index is 655. The van der Waals surface area contributed by atoms with Gasteiger partial charge in [0, 0.05) is 11.0 Å². The Morgan fingerprint density at radius 2 is 1.86 bits per heavy atom. The molecule has 0 radical (unpaired) electrons. The molecule has 3 nitrogen and oxygen atoms in total. The number of aryl methyl sites for hydroxylation is 1. The van der Waals surface area contributed by atoms with Gasteiger partial charge in [-0.1, -0.05) is 70.5 Å². The molecule has 0 spiro atoms. The monoisotopic (exact) mass is 429 g/mol. The topological polar surface area (TPSA) is 37.4 Å². The number of nitrogens with zero attached hydrogens (tertiary/aromatic N) is 1. The van der Waals surface area contributed by atoms with Crippen LogP contribution < -0.4 is 0 Å². The molecule has 0 bridgehead atoms. The number of hydrogen-bond acceptors (Lipinski definition) is 2. The van der Waals surface area contributed by atoms with E-state index in [1.54, 1.807) is 30.3 Å². The van der Waals surface area contributed by atoms with E-state index >= 15 is 0 Å². The Morgan fingerprint density at radius 3 is 2.45 bits per heavy atom.